The van der Waals surface area contributed by atoms with E-state index < -0.39 is 0 Å². The molecule has 1 heterocycles. The fourth-order valence-corrected chi connectivity index (χ4v) is 2.33. The lowest BCUT2D eigenvalue weighted by atomic mass is 10.1. The van der Waals surface area contributed by atoms with Crippen LogP contribution in [0.4, 0.5) is 5.69 Å². The molecule has 2 aromatic rings. The van der Waals surface area contributed by atoms with Crippen molar-refractivity contribution in [1.29, 1.82) is 0 Å². The van der Waals surface area contributed by atoms with Crippen molar-refractivity contribution in [2.45, 2.75) is 40.2 Å². The molecule has 0 amide bonds. The smallest absolute Gasteiger partial charge is 0.193 e. The lowest BCUT2D eigenvalue weighted by molar-refractivity contribution is 0.568. The highest BCUT2D eigenvalue weighted by Gasteiger charge is 2.00. The number of hydrogen-bond acceptors (Lipinski definition) is 2. The lowest BCUT2D eigenvalue weighted by Gasteiger charge is -2.07. The molecule has 0 radical (unpaired) electrons. The Balaban J connectivity index is 1.78. The standard InChI is InChI=1S/C17H25N5/c1-4-15-6-8-16(9-7-15)20-17(18)19-10-5-11-22-14(3)12-13(2)21-22/h6-9,12H,4-5,10-11H2,1-3H3,(H3,18,19,20). The third kappa shape index (κ3) is 4.62. The maximum atomic E-state index is 5.91. The molecule has 3 N–H and O–H groups in total. The highest BCUT2D eigenvalue weighted by molar-refractivity contribution is 5.92. The topological polar surface area (TPSA) is 68.2 Å². The van der Waals surface area contributed by atoms with Crippen molar-refractivity contribution in [3.8, 4) is 0 Å². The Labute approximate surface area is 132 Å². The van der Waals surface area contributed by atoms with Gasteiger partial charge in [-0.05, 0) is 50.5 Å². The molecule has 0 saturated heterocycles. The minimum absolute atomic E-state index is 0.456. The highest BCUT2D eigenvalue weighted by atomic mass is 15.3. The average Bonchev–Trinajstić information content (AvgIpc) is 2.82. The molecule has 0 aliphatic rings. The summed E-state index contributed by atoms with van der Waals surface area (Å²) in [4.78, 5) is 4.36. The van der Waals surface area contributed by atoms with Crippen LogP contribution < -0.4 is 11.1 Å². The second-order valence-corrected chi connectivity index (χ2v) is 5.45. The van der Waals surface area contributed by atoms with Gasteiger partial charge in [0.2, 0.25) is 0 Å². The third-order valence-corrected chi connectivity index (χ3v) is 3.55. The van der Waals surface area contributed by atoms with Crippen molar-refractivity contribution >= 4 is 11.6 Å². The molecule has 0 atom stereocenters. The van der Waals surface area contributed by atoms with E-state index in [2.05, 4.69) is 47.5 Å². The number of anilines is 1. The summed E-state index contributed by atoms with van der Waals surface area (Å²) in [5.74, 6) is 0.456. The van der Waals surface area contributed by atoms with Gasteiger partial charge in [-0.2, -0.15) is 5.10 Å². The summed E-state index contributed by atoms with van der Waals surface area (Å²) in [6.07, 6.45) is 1.95. The number of nitrogens with one attached hydrogen (secondary N) is 1. The van der Waals surface area contributed by atoms with Crippen LogP contribution in [0.1, 0.15) is 30.3 Å². The molecule has 1 aromatic carbocycles. The maximum absolute atomic E-state index is 5.91. The van der Waals surface area contributed by atoms with Crippen molar-refractivity contribution in [2.24, 2.45) is 10.7 Å². The minimum atomic E-state index is 0.456. The monoisotopic (exact) mass is 299 g/mol. The first-order valence-electron chi connectivity index (χ1n) is 7.75. The predicted octanol–water partition coefficient (Wildman–Crippen LogP) is 2.88. The van der Waals surface area contributed by atoms with Gasteiger partial charge in [-0.3, -0.25) is 9.67 Å². The van der Waals surface area contributed by atoms with E-state index in [0.29, 0.717) is 12.5 Å². The van der Waals surface area contributed by atoms with Gasteiger partial charge in [0.15, 0.2) is 5.96 Å². The molecule has 0 bridgehead atoms. The Morgan fingerprint density at radius 2 is 2.00 bits per heavy atom. The number of aromatic nitrogens is 2. The van der Waals surface area contributed by atoms with Crippen molar-refractivity contribution in [3.05, 3.63) is 47.3 Å². The first-order chi connectivity index (χ1) is 10.6. The SMILES string of the molecule is CCc1ccc(NC(N)=NCCCn2nc(C)cc2C)cc1. The van der Waals surface area contributed by atoms with Gasteiger partial charge >= 0.3 is 0 Å². The van der Waals surface area contributed by atoms with Crippen molar-refractivity contribution in [3.63, 3.8) is 0 Å². The molecule has 0 fully saturated rings. The number of nitrogens with zero attached hydrogens (tertiary/aromatic N) is 3. The fourth-order valence-electron chi connectivity index (χ4n) is 2.33. The summed E-state index contributed by atoms with van der Waals surface area (Å²) in [7, 11) is 0. The van der Waals surface area contributed by atoms with E-state index in [1.54, 1.807) is 0 Å². The summed E-state index contributed by atoms with van der Waals surface area (Å²) in [5, 5.41) is 7.54. The number of aliphatic imine (C=N–C) groups is 1. The molecule has 0 aliphatic carbocycles. The molecule has 5 nitrogen and oxygen atoms in total. The zero-order valence-corrected chi connectivity index (χ0v) is 13.6. The molecule has 5 heteroatoms. The van der Waals surface area contributed by atoms with Crippen LogP contribution >= 0.6 is 0 Å². The molecular formula is C17H25N5. The normalized spacial score (nSPS) is 11.7. The fraction of sp³-hybridized carbons (Fsp3) is 0.412. The van der Waals surface area contributed by atoms with E-state index in [0.717, 1.165) is 30.8 Å². The number of benzene rings is 1. The summed E-state index contributed by atoms with van der Waals surface area (Å²) >= 11 is 0. The lowest BCUT2D eigenvalue weighted by Crippen LogP contribution is -2.23. The zero-order chi connectivity index (χ0) is 15.9. The van der Waals surface area contributed by atoms with E-state index in [9.17, 15) is 0 Å². The number of hydrogen-bond donors (Lipinski definition) is 2. The molecule has 0 saturated carbocycles. The van der Waals surface area contributed by atoms with Gasteiger partial charge < -0.3 is 11.1 Å². The second kappa shape index (κ2) is 7.64. The predicted molar refractivity (Wildman–Crippen MR) is 92.3 cm³/mol. The van der Waals surface area contributed by atoms with Crippen molar-refractivity contribution < 1.29 is 0 Å². The quantitative estimate of drug-likeness (QED) is 0.489. The molecule has 0 aliphatic heterocycles. The van der Waals surface area contributed by atoms with Crippen LogP contribution in [0.2, 0.25) is 0 Å². The largest absolute Gasteiger partial charge is 0.370 e. The van der Waals surface area contributed by atoms with Gasteiger partial charge in [0, 0.05) is 24.5 Å². The van der Waals surface area contributed by atoms with E-state index >= 15 is 0 Å². The third-order valence-electron chi connectivity index (χ3n) is 3.55. The molecule has 22 heavy (non-hydrogen) atoms. The van der Waals surface area contributed by atoms with Gasteiger partial charge in [0.1, 0.15) is 0 Å². The zero-order valence-electron chi connectivity index (χ0n) is 13.6. The Kier molecular flexibility index (Phi) is 5.58. The number of nitrogens with two attached hydrogens (primary N) is 1. The molecular weight excluding hydrogens is 274 g/mol. The molecule has 2 rings (SSSR count). The number of aryl methyl sites for hydroxylation is 4. The van der Waals surface area contributed by atoms with Crippen molar-refractivity contribution in [2.75, 3.05) is 11.9 Å². The van der Waals surface area contributed by atoms with Crippen LogP contribution in [-0.2, 0) is 13.0 Å². The Morgan fingerprint density at radius 1 is 1.27 bits per heavy atom. The van der Waals surface area contributed by atoms with Crippen molar-refractivity contribution in [1.82, 2.24) is 9.78 Å². The van der Waals surface area contributed by atoms with E-state index in [1.807, 2.05) is 23.7 Å². The first-order valence-corrected chi connectivity index (χ1v) is 7.75. The van der Waals surface area contributed by atoms with Gasteiger partial charge in [-0.1, -0.05) is 19.1 Å². The van der Waals surface area contributed by atoms with Crippen LogP contribution in [0, 0.1) is 13.8 Å². The average molecular weight is 299 g/mol. The Hall–Kier alpha value is -2.30. The van der Waals surface area contributed by atoms with Gasteiger partial charge in [-0.15, -0.1) is 0 Å². The molecule has 118 valence electrons. The van der Waals surface area contributed by atoms with Crippen LogP contribution in [-0.4, -0.2) is 22.3 Å². The second-order valence-electron chi connectivity index (χ2n) is 5.45. The van der Waals surface area contributed by atoms with Gasteiger partial charge in [0.25, 0.3) is 0 Å². The molecule has 1 aromatic heterocycles. The molecule has 0 spiro atoms. The first kappa shape index (κ1) is 16.1. The number of rotatable bonds is 6. The number of guanidine groups is 1. The van der Waals surface area contributed by atoms with Crippen LogP contribution in [0.3, 0.4) is 0 Å². The Morgan fingerprint density at radius 3 is 2.59 bits per heavy atom. The Bertz CT molecular complexity index is 625. The summed E-state index contributed by atoms with van der Waals surface area (Å²) in [6, 6.07) is 10.3. The molecule has 0 unspecified atom stereocenters. The van der Waals surface area contributed by atoms with E-state index in [4.69, 9.17) is 5.73 Å². The van der Waals surface area contributed by atoms with Gasteiger partial charge in [0.05, 0.1) is 5.69 Å². The highest BCUT2D eigenvalue weighted by Crippen LogP contribution is 2.09. The summed E-state index contributed by atoms with van der Waals surface area (Å²) in [5.41, 5.74) is 10.4. The van der Waals surface area contributed by atoms with Crippen LogP contribution in [0.25, 0.3) is 0 Å². The van der Waals surface area contributed by atoms with E-state index in [-0.39, 0.29) is 0 Å². The van der Waals surface area contributed by atoms with Gasteiger partial charge in [-0.25, -0.2) is 0 Å². The van der Waals surface area contributed by atoms with Crippen LogP contribution in [0.15, 0.2) is 35.3 Å². The minimum Gasteiger partial charge on any atom is -0.370 e. The van der Waals surface area contributed by atoms with Crippen LogP contribution in [0.5, 0.6) is 0 Å². The summed E-state index contributed by atoms with van der Waals surface area (Å²) in [6.45, 7) is 7.76. The maximum Gasteiger partial charge on any atom is 0.193 e. The van der Waals surface area contributed by atoms with E-state index in [1.165, 1.54) is 11.3 Å². The summed E-state index contributed by atoms with van der Waals surface area (Å²) < 4.78 is 2.01.